The summed E-state index contributed by atoms with van der Waals surface area (Å²) in [5.41, 5.74) is 0.947. The van der Waals surface area contributed by atoms with Crippen molar-refractivity contribution in [1.29, 1.82) is 0 Å². The van der Waals surface area contributed by atoms with Crippen LogP contribution in [0.5, 0.6) is 5.75 Å². The van der Waals surface area contributed by atoms with Gasteiger partial charge in [-0.1, -0.05) is 17.8 Å². The van der Waals surface area contributed by atoms with Gasteiger partial charge in [-0.15, -0.1) is 0 Å². The summed E-state index contributed by atoms with van der Waals surface area (Å²) in [7, 11) is 1.63. The lowest BCUT2D eigenvalue weighted by Gasteiger charge is -2.07. The van der Waals surface area contributed by atoms with E-state index in [2.05, 4.69) is 15.3 Å². The fraction of sp³-hybridized carbons (Fsp3) is 0.0556. The third kappa shape index (κ3) is 4.48. The minimum Gasteiger partial charge on any atom is -0.497 e. The number of aromatic carboxylic acids is 1. The highest BCUT2D eigenvalue weighted by Gasteiger charge is 2.05. The molecule has 7 heteroatoms. The van der Waals surface area contributed by atoms with E-state index < -0.39 is 5.97 Å². The van der Waals surface area contributed by atoms with E-state index >= 15 is 0 Å². The SMILES string of the molecule is COc1cccc(Sc2ccnc(Nc3ccc(C(=O)O)cc3)n2)c1. The molecule has 1 heterocycles. The Kier molecular flexibility index (Phi) is 5.15. The number of hydrogen-bond acceptors (Lipinski definition) is 6. The van der Waals surface area contributed by atoms with Crippen LogP contribution in [0.25, 0.3) is 0 Å². The van der Waals surface area contributed by atoms with Gasteiger partial charge in [-0.05, 0) is 48.5 Å². The van der Waals surface area contributed by atoms with Crippen molar-refractivity contribution in [2.45, 2.75) is 9.92 Å². The first-order chi connectivity index (χ1) is 12.1. The third-order valence-corrected chi connectivity index (χ3v) is 4.21. The number of aromatic nitrogens is 2. The van der Waals surface area contributed by atoms with Gasteiger partial charge in [-0.2, -0.15) is 0 Å². The number of anilines is 2. The number of carboxylic acids is 1. The van der Waals surface area contributed by atoms with Crippen LogP contribution in [-0.2, 0) is 0 Å². The molecular formula is C18H15N3O3S. The first-order valence-corrected chi connectivity index (χ1v) is 8.21. The minimum absolute atomic E-state index is 0.230. The molecule has 1 aromatic heterocycles. The van der Waals surface area contributed by atoms with Crippen molar-refractivity contribution in [3.05, 3.63) is 66.4 Å². The molecule has 3 aromatic rings. The van der Waals surface area contributed by atoms with E-state index in [1.807, 2.05) is 30.3 Å². The largest absolute Gasteiger partial charge is 0.497 e. The molecule has 126 valence electrons. The molecule has 2 N–H and O–H groups in total. The van der Waals surface area contributed by atoms with Gasteiger partial charge >= 0.3 is 5.97 Å². The summed E-state index contributed by atoms with van der Waals surface area (Å²) in [6.07, 6.45) is 1.67. The van der Waals surface area contributed by atoms with Crippen molar-refractivity contribution >= 4 is 29.4 Å². The molecule has 0 saturated carbocycles. The molecule has 0 aliphatic rings. The first kappa shape index (κ1) is 16.8. The number of ether oxygens (including phenoxy) is 1. The Balaban J connectivity index is 1.73. The zero-order valence-corrected chi connectivity index (χ0v) is 14.2. The van der Waals surface area contributed by atoms with Crippen LogP contribution in [0.15, 0.2) is 70.7 Å². The van der Waals surface area contributed by atoms with Crippen LogP contribution >= 0.6 is 11.8 Å². The molecule has 2 aromatic carbocycles. The number of rotatable bonds is 6. The second kappa shape index (κ2) is 7.67. The average Bonchev–Trinajstić information content (AvgIpc) is 2.62. The fourth-order valence-corrected chi connectivity index (χ4v) is 2.89. The quantitative estimate of drug-likeness (QED) is 0.646. The molecule has 0 atom stereocenters. The Labute approximate surface area is 148 Å². The topological polar surface area (TPSA) is 84.3 Å². The second-order valence-electron chi connectivity index (χ2n) is 5.01. The van der Waals surface area contributed by atoms with Gasteiger partial charge in [0.05, 0.1) is 12.7 Å². The standard InChI is InChI=1S/C18H15N3O3S/c1-24-14-3-2-4-15(11-14)25-16-9-10-19-18(21-16)20-13-7-5-12(6-8-13)17(22)23/h2-11H,1H3,(H,22,23)(H,19,20,21). The number of benzene rings is 2. The van der Waals surface area contributed by atoms with Crippen LogP contribution < -0.4 is 10.1 Å². The van der Waals surface area contributed by atoms with Crippen LogP contribution in [0.1, 0.15) is 10.4 Å². The van der Waals surface area contributed by atoms with E-state index in [-0.39, 0.29) is 5.56 Å². The summed E-state index contributed by atoms with van der Waals surface area (Å²) in [5.74, 6) is 0.270. The van der Waals surface area contributed by atoms with Gasteiger partial charge in [0.15, 0.2) is 0 Å². The van der Waals surface area contributed by atoms with Crippen molar-refractivity contribution in [3.63, 3.8) is 0 Å². The first-order valence-electron chi connectivity index (χ1n) is 7.39. The number of hydrogen-bond donors (Lipinski definition) is 2. The van der Waals surface area contributed by atoms with Gasteiger partial charge in [-0.25, -0.2) is 14.8 Å². The molecule has 0 unspecified atom stereocenters. The molecule has 0 radical (unpaired) electrons. The summed E-state index contributed by atoms with van der Waals surface area (Å²) in [5, 5.41) is 12.8. The highest BCUT2D eigenvalue weighted by molar-refractivity contribution is 7.99. The Hall–Kier alpha value is -3.06. The molecule has 6 nitrogen and oxygen atoms in total. The second-order valence-corrected chi connectivity index (χ2v) is 6.10. The summed E-state index contributed by atoms with van der Waals surface area (Å²) in [6, 6.07) is 16.0. The molecule has 0 bridgehead atoms. The van der Waals surface area contributed by atoms with Crippen LogP contribution in [0, 0.1) is 0 Å². The summed E-state index contributed by atoms with van der Waals surface area (Å²) >= 11 is 1.50. The zero-order valence-electron chi connectivity index (χ0n) is 13.3. The molecule has 0 aliphatic heterocycles. The van der Waals surface area contributed by atoms with Crippen molar-refractivity contribution in [2.75, 3.05) is 12.4 Å². The molecule has 0 saturated heterocycles. The predicted molar refractivity (Wildman–Crippen MR) is 95.8 cm³/mol. The molecular weight excluding hydrogens is 338 g/mol. The van der Waals surface area contributed by atoms with Gasteiger partial charge in [0, 0.05) is 16.8 Å². The lowest BCUT2D eigenvalue weighted by molar-refractivity contribution is 0.0697. The van der Waals surface area contributed by atoms with E-state index in [4.69, 9.17) is 9.84 Å². The van der Waals surface area contributed by atoms with E-state index in [1.165, 1.54) is 23.9 Å². The fourth-order valence-electron chi connectivity index (χ4n) is 2.07. The molecule has 0 spiro atoms. The Morgan fingerprint density at radius 2 is 1.96 bits per heavy atom. The maximum atomic E-state index is 10.9. The van der Waals surface area contributed by atoms with Crippen molar-refractivity contribution < 1.29 is 14.6 Å². The number of nitrogens with zero attached hydrogens (tertiary/aromatic N) is 2. The Bertz CT molecular complexity index is 885. The average molecular weight is 353 g/mol. The Morgan fingerprint density at radius 3 is 2.68 bits per heavy atom. The van der Waals surface area contributed by atoms with Crippen LogP contribution in [0.2, 0.25) is 0 Å². The predicted octanol–water partition coefficient (Wildman–Crippen LogP) is 4.08. The van der Waals surface area contributed by atoms with Crippen LogP contribution in [0.3, 0.4) is 0 Å². The third-order valence-electron chi connectivity index (χ3n) is 3.28. The van der Waals surface area contributed by atoms with Crippen LogP contribution in [-0.4, -0.2) is 28.2 Å². The monoisotopic (exact) mass is 353 g/mol. The van der Waals surface area contributed by atoms with E-state index in [1.54, 1.807) is 25.4 Å². The smallest absolute Gasteiger partial charge is 0.335 e. The highest BCUT2D eigenvalue weighted by Crippen LogP contribution is 2.29. The van der Waals surface area contributed by atoms with Crippen molar-refractivity contribution in [2.24, 2.45) is 0 Å². The number of carbonyl (C=O) groups is 1. The van der Waals surface area contributed by atoms with Crippen molar-refractivity contribution in [1.82, 2.24) is 9.97 Å². The van der Waals surface area contributed by atoms with Gasteiger partial charge in [0.1, 0.15) is 10.8 Å². The summed E-state index contributed by atoms with van der Waals surface area (Å²) in [6.45, 7) is 0. The molecule has 25 heavy (non-hydrogen) atoms. The van der Waals surface area contributed by atoms with E-state index in [0.29, 0.717) is 11.6 Å². The number of methoxy groups -OCH3 is 1. The van der Waals surface area contributed by atoms with Gasteiger partial charge in [0.25, 0.3) is 0 Å². The maximum Gasteiger partial charge on any atom is 0.335 e. The van der Waals surface area contributed by atoms with E-state index in [9.17, 15) is 4.79 Å². The van der Waals surface area contributed by atoms with Crippen molar-refractivity contribution in [3.8, 4) is 5.75 Å². The summed E-state index contributed by atoms with van der Waals surface area (Å²) < 4.78 is 5.22. The molecule has 0 fully saturated rings. The highest BCUT2D eigenvalue weighted by atomic mass is 32.2. The van der Waals surface area contributed by atoms with Gasteiger partial charge in [0.2, 0.25) is 5.95 Å². The number of nitrogens with one attached hydrogen (secondary N) is 1. The normalized spacial score (nSPS) is 10.3. The maximum absolute atomic E-state index is 10.9. The number of carboxylic acid groups (broad SMARTS) is 1. The lowest BCUT2D eigenvalue weighted by Crippen LogP contribution is -1.99. The minimum atomic E-state index is -0.959. The summed E-state index contributed by atoms with van der Waals surface area (Å²) in [4.78, 5) is 20.5. The molecule has 0 amide bonds. The van der Waals surface area contributed by atoms with E-state index in [0.717, 1.165) is 15.7 Å². The van der Waals surface area contributed by atoms with Gasteiger partial charge < -0.3 is 15.2 Å². The van der Waals surface area contributed by atoms with Gasteiger partial charge in [-0.3, -0.25) is 0 Å². The molecule has 3 rings (SSSR count). The Morgan fingerprint density at radius 1 is 1.16 bits per heavy atom. The van der Waals surface area contributed by atoms with Crippen LogP contribution in [0.4, 0.5) is 11.6 Å². The lowest BCUT2D eigenvalue weighted by atomic mass is 10.2. The zero-order chi connectivity index (χ0) is 17.6. The molecule has 0 aliphatic carbocycles.